The van der Waals surface area contributed by atoms with Gasteiger partial charge in [-0.25, -0.2) is 4.79 Å². The van der Waals surface area contributed by atoms with Gasteiger partial charge in [0.2, 0.25) is 0 Å². The maximum atomic E-state index is 10.8. The first kappa shape index (κ1) is 14.9. The number of rotatable bonds is 6. The Morgan fingerprint density at radius 3 is 2.58 bits per heavy atom. The fraction of sp³-hybridized carbons (Fsp3) is 0.417. The number of benzene rings is 1. The molecule has 0 saturated heterocycles. The molecule has 104 valence electrons. The molecule has 0 aromatic heterocycles. The molecule has 1 aromatic carbocycles. The number of aromatic carboxylic acids is 1. The number of carbonyl (C=O) groups is 1. The van der Waals surface area contributed by atoms with Crippen molar-refractivity contribution in [2.45, 2.75) is 32.4 Å². The summed E-state index contributed by atoms with van der Waals surface area (Å²) in [4.78, 5) is 20.9. The summed E-state index contributed by atoms with van der Waals surface area (Å²) in [7, 11) is 0. The highest BCUT2D eigenvalue weighted by Gasteiger charge is 2.20. The molecular weight excluding hydrogens is 252 g/mol. The number of aliphatic hydroxyl groups is 1. The smallest absolute Gasteiger partial charge is 0.342 e. The van der Waals surface area contributed by atoms with Gasteiger partial charge < -0.3 is 15.5 Å². The van der Waals surface area contributed by atoms with Crippen LogP contribution in [0.15, 0.2) is 18.2 Å². The first-order chi connectivity index (χ1) is 8.81. The number of nitro benzene ring substituents is 1. The Bertz CT molecular complexity index is 487. The zero-order valence-corrected chi connectivity index (χ0v) is 10.7. The Morgan fingerprint density at radius 2 is 2.11 bits per heavy atom. The van der Waals surface area contributed by atoms with E-state index in [9.17, 15) is 20.0 Å². The summed E-state index contributed by atoms with van der Waals surface area (Å²) in [6.07, 6.45) is -0.00939. The van der Waals surface area contributed by atoms with E-state index in [0.717, 1.165) is 0 Å². The number of nitrogens with zero attached hydrogens (tertiary/aromatic N) is 1. The van der Waals surface area contributed by atoms with Crippen LogP contribution < -0.4 is 5.32 Å². The van der Waals surface area contributed by atoms with Gasteiger partial charge in [0.25, 0.3) is 5.69 Å². The van der Waals surface area contributed by atoms with Gasteiger partial charge in [-0.2, -0.15) is 0 Å². The van der Waals surface area contributed by atoms with Gasteiger partial charge >= 0.3 is 5.97 Å². The molecule has 1 aromatic rings. The van der Waals surface area contributed by atoms with Crippen LogP contribution >= 0.6 is 0 Å². The second-order valence-corrected chi connectivity index (χ2v) is 4.42. The molecule has 7 nitrogen and oxygen atoms in total. The largest absolute Gasteiger partial charge is 0.477 e. The van der Waals surface area contributed by atoms with Crippen molar-refractivity contribution in [1.29, 1.82) is 0 Å². The van der Waals surface area contributed by atoms with Crippen molar-refractivity contribution in [3.8, 4) is 0 Å². The molecule has 0 saturated carbocycles. The zero-order valence-electron chi connectivity index (χ0n) is 10.7. The summed E-state index contributed by atoms with van der Waals surface area (Å²) in [5.74, 6) is -1.34. The summed E-state index contributed by atoms with van der Waals surface area (Å²) in [5.41, 5.74) is -0.356. The fourth-order valence-electron chi connectivity index (χ4n) is 1.81. The lowest BCUT2D eigenvalue weighted by Crippen LogP contribution is -2.20. The van der Waals surface area contributed by atoms with E-state index >= 15 is 0 Å². The van der Waals surface area contributed by atoms with E-state index in [1.54, 1.807) is 6.92 Å². The number of anilines is 1. The Hall–Kier alpha value is -2.15. The third-order valence-corrected chi connectivity index (χ3v) is 2.53. The third kappa shape index (κ3) is 4.22. The van der Waals surface area contributed by atoms with Gasteiger partial charge in [0, 0.05) is 17.8 Å². The van der Waals surface area contributed by atoms with Crippen molar-refractivity contribution in [2.24, 2.45) is 0 Å². The monoisotopic (exact) mass is 268 g/mol. The summed E-state index contributed by atoms with van der Waals surface area (Å²) >= 11 is 0. The molecule has 0 bridgehead atoms. The zero-order chi connectivity index (χ0) is 14.6. The van der Waals surface area contributed by atoms with Crippen molar-refractivity contribution in [1.82, 2.24) is 0 Å². The van der Waals surface area contributed by atoms with Gasteiger partial charge in [0.1, 0.15) is 5.56 Å². The van der Waals surface area contributed by atoms with Gasteiger partial charge in [0.15, 0.2) is 0 Å². The van der Waals surface area contributed by atoms with E-state index in [4.69, 9.17) is 5.11 Å². The van der Waals surface area contributed by atoms with Crippen LogP contribution in [0.2, 0.25) is 0 Å². The molecule has 2 unspecified atom stereocenters. The van der Waals surface area contributed by atoms with Crippen LogP contribution in [0.25, 0.3) is 0 Å². The number of hydrogen-bond acceptors (Lipinski definition) is 5. The highest BCUT2D eigenvalue weighted by molar-refractivity contribution is 5.93. The molecule has 0 heterocycles. The topological polar surface area (TPSA) is 113 Å². The first-order valence-electron chi connectivity index (χ1n) is 5.77. The quantitative estimate of drug-likeness (QED) is 0.536. The Balaban J connectivity index is 2.96. The molecular formula is C12H16N2O5. The van der Waals surface area contributed by atoms with E-state index in [0.29, 0.717) is 12.1 Å². The molecule has 0 spiro atoms. The molecule has 1 rings (SSSR count). The number of carboxylic acid groups (broad SMARTS) is 1. The summed E-state index contributed by atoms with van der Waals surface area (Å²) in [6.45, 7) is 3.47. The lowest BCUT2D eigenvalue weighted by atomic mass is 10.1. The molecule has 19 heavy (non-hydrogen) atoms. The molecule has 7 heteroatoms. The molecule has 0 aliphatic rings. The standard InChI is InChI=1S/C12H16N2O5/c1-7(5-8(2)15)13-9-3-4-10(12(16)17)11(6-9)14(18)19/h3-4,6-8,13,15H,5H2,1-2H3,(H,16,17). The Kier molecular flexibility index (Phi) is 4.82. The Morgan fingerprint density at radius 1 is 1.47 bits per heavy atom. The van der Waals surface area contributed by atoms with E-state index in [1.807, 2.05) is 6.92 Å². The summed E-state index contributed by atoms with van der Waals surface area (Å²) < 4.78 is 0. The summed E-state index contributed by atoms with van der Waals surface area (Å²) in [6, 6.07) is 3.75. The van der Waals surface area contributed by atoms with Crippen LogP contribution in [0.4, 0.5) is 11.4 Å². The molecule has 3 N–H and O–H groups in total. The van der Waals surface area contributed by atoms with E-state index in [2.05, 4.69) is 5.32 Å². The van der Waals surface area contributed by atoms with Crippen LogP contribution in [0.1, 0.15) is 30.6 Å². The maximum absolute atomic E-state index is 10.8. The minimum atomic E-state index is -1.34. The molecule has 0 radical (unpaired) electrons. The average molecular weight is 268 g/mol. The van der Waals surface area contributed by atoms with Crippen molar-refractivity contribution in [3.63, 3.8) is 0 Å². The van der Waals surface area contributed by atoms with E-state index in [-0.39, 0.29) is 11.6 Å². The number of hydrogen-bond donors (Lipinski definition) is 3. The van der Waals surface area contributed by atoms with Gasteiger partial charge in [-0.15, -0.1) is 0 Å². The van der Waals surface area contributed by atoms with Gasteiger partial charge in [-0.1, -0.05) is 0 Å². The van der Waals surface area contributed by atoms with Gasteiger partial charge in [0.05, 0.1) is 11.0 Å². The molecule has 0 aliphatic carbocycles. The first-order valence-corrected chi connectivity index (χ1v) is 5.77. The highest BCUT2D eigenvalue weighted by atomic mass is 16.6. The van der Waals surface area contributed by atoms with Crippen LogP contribution in [0, 0.1) is 10.1 Å². The minimum Gasteiger partial charge on any atom is -0.477 e. The SMILES string of the molecule is CC(O)CC(C)Nc1ccc(C(=O)O)c([N+](=O)[O-])c1. The fourth-order valence-corrected chi connectivity index (χ4v) is 1.81. The maximum Gasteiger partial charge on any atom is 0.342 e. The molecule has 0 fully saturated rings. The second-order valence-electron chi connectivity index (χ2n) is 4.42. The predicted octanol–water partition coefficient (Wildman–Crippen LogP) is 1.86. The van der Waals surface area contributed by atoms with Gasteiger partial charge in [-0.05, 0) is 32.4 Å². The number of nitrogens with one attached hydrogen (secondary N) is 1. The van der Waals surface area contributed by atoms with E-state index in [1.165, 1.54) is 18.2 Å². The second kappa shape index (κ2) is 6.14. The summed E-state index contributed by atoms with van der Waals surface area (Å²) in [5, 5.41) is 31.9. The van der Waals surface area contributed by atoms with Crippen LogP contribution in [-0.2, 0) is 0 Å². The van der Waals surface area contributed by atoms with Crippen molar-refractivity contribution in [2.75, 3.05) is 5.32 Å². The van der Waals surface area contributed by atoms with Crippen LogP contribution in [0.3, 0.4) is 0 Å². The number of carboxylic acids is 1. The predicted molar refractivity (Wildman–Crippen MR) is 69.4 cm³/mol. The normalized spacial score (nSPS) is 13.6. The number of aliphatic hydroxyl groups excluding tert-OH is 1. The molecule has 2 atom stereocenters. The number of nitro groups is 1. The minimum absolute atomic E-state index is 0.0877. The van der Waals surface area contributed by atoms with Crippen LogP contribution in [-0.4, -0.2) is 33.3 Å². The lowest BCUT2D eigenvalue weighted by molar-refractivity contribution is -0.385. The molecule has 0 amide bonds. The van der Waals surface area contributed by atoms with Gasteiger partial charge in [-0.3, -0.25) is 10.1 Å². The van der Waals surface area contributed by atoms with Crippen molar-refractivity contribution >= 4 is 17.3 Å². The van der Waals surface area contributed by atoms with Crippen LogP contribution in [0.5, 0.6) is 0 Å². The lowest BCUT2D eigenvalue weighted by Gasteiger charge is -2.16. The Labute approximate surface area is 110 Å². The molecule has 0 aliphatic heterocycles. The average Bonchev–Trinajstić information content (AvgIpc) is 2.27. The highest BCUT2D eigenvalue weighted by Crippen LogP contribution is 2.24. The van der Waals surface area contributed by atoms with Crippen molar-refractivity contribution < 1.29 is 19.9 Å². The third-order valence-electron chi connectivity index (χ3n) is 2.53. The van der Waals surface area contributed by atoms with E-state index < -0.39 is 22.7 Å². The van der Waals surface area contributed by atoms with Crippen molar-refractivity contribution in [3.05, 3.63) is 33.9 Å².